The Labute approximate surface area is 139 Å². The Hall–Kier alpha value is -2.24. The van der Waals surface area contributed by atoms with Gasteiger partial charge in [0.15, 0.2) is 0 Å². The highest BCUT2D eigenvalue weighted by atomic mass is 32.1. The van der Waals surface area contributed by atoms with E-state index in [4.69, 9.17) is 0 Å². The summed E-state index contributed by atoms with van der Waals surface area (Å²) >= 11 is 1.29. The molecule has 3 rings (SSSR count). The summed E-state index contributed by atoms with van der Waals surface area (Å²) in [5.74, 6) is 0. The van der Waals surface area contributed by atoms with Gasteiger partial charge in [0.25, 0.3) is 0 Å². The molecule has 0 saturated carbocycles. The molecular formula is C18H19N3OS. The minimum Gasteiger partial charge on any atom is -0.312 e. The number of H-pyrrole nitrogens is 1. The highest BCUT2D eigenvalue weighted by molar-refractivity contribution is 7.09. The van der Waals surface area contributed by atoms with Crippen molar-refractivity contribution in [2.75, 3.05) is 6.54 Å². The van der Waals surface area contributed by atoms with E-state index in [1.54, 1.807) is 12.4 Å². The van der Waals surface area contributed by atoms with Crippen LogP contribution < -0.4 is 4.87 Å². The molecule has 0 spiro atoms. The molecule has 2 heterocycles. The molecule has 0 amide bonds. The van der Waals surface area contributed by atoms with Gasteiger partial charge in [-0.2, -0.15) is 0 Å². The van der Waals surface area contributed by atoms with Crippen LogP contribution in [-0.4, -0.2) is 21.4 Å². The lowest BCUT2D eigenvalue weighted by Gasteiger charge is -2.20. The summed E-state index contributed by atoms with van der Waals surface area (Å²) in [5, 5.41) is 0. The summed E-state index contributed by atoms with van der Waals surface area (Å²) in [5.41, 5.74) is 3.20. The Morgan fingerprint density at radius 3 is 2.52 bits per heavy atom. The lowest BCUT2D eigenvalue weighted by molar-refractivity contribution is 0.274. The molecule has 0 aliphatic heterocycles. The van der Waals surface area contributed by atoms with Gasteiger partial charge in [0.2, 0.25) is 0 Å². The molecule has 0 aliphatic rings. The van der Waals surface area contributed by atoms with Crippen molar-refractivity contribution in [1.29, 1.82) is 0 Å². The highest BCUT2D eigenvalue weighted by Crippen LogP contribution is 2.24. The third kappa shape index (κ3) is 3.94. The zero-order valence-corrected chi connectivity index (χ0v) is 13.8. The summed E-state index contributed by atoms with van der Waals surface area (Å²) in [6, 6.07) is 14.3. The number of thiazole rings is 1. The number of hydrogen-bond acceptors (Lipinski definition) is 4. The van der Waals surface area contributed by atoms with Gasteiger partial charge in [-0.3, -0.25) is 14.7 Å². The van der Waals surface area contributed by atoms with E-state index in [9.17, 15) is 4.79 Å². The van der Waals surface area contributed by atoms with E-state index in [0.29, 0.717) is 0 Å². The predicted molar refractivity (Wildman–Crippen MR) is 94.4 cm³/mol. The van der Waals surface area contributed by atoms with Crippen LogP contribution in [0.2, 0.25) is 0 Å². The molecular weight excluding hydrogens is 306 g/mol. The molecule has 0 bridgehead atoms. The summed E-state index contributed by atoms with van der Waals surface area (Å²) in [7, 11) is 0. The van der Waals surface area contributed by atoms with Gasteiger partial charge in [-0.05, 0) is 24.2 Å². The predicted octanol–water partition coefficient (Wildman–Crippen LogP) is 3.52. The Morgan fingerprint density at radius 1 is 1.09 bits per heavy atom. The molecule has 1 N–H and O–H groups in total. The molecule has 0 aliphatic carbocycles. The number of rotatable bonds is 6. The minimum atomic E-state index is -0.0115. The fourth-order valence-electron chi connectivity index (χ4n) is 2.55. The number of nitrogens with zero attached hydrogens (tertiary/aromatic N) is 2. The SMILES string of the molecule is CCN(Cc1ccccc1)Cc1sc(=O)[nH]c1-c1ccncc1. The summed E-state index contributed by atoms with van der Waals surface area (Å²) in [6.45, 7) is 4.70. The Morgan fingerprint density at radius 2 is 1.83 bits per heavy atom. The van der Waals surface area contributed by atoms with E-state index in [1.807, 2.05) is 18.2 Å². The Kier molecular flexibility index (Phi) is 5.00. The van der Waals surface area contributed by atoms with Crippen LogP contribution in [0, 0.1) is 0 Å². The van der Waals surface area contributed by atoms with Crippen molar-refractivity contribution >= 4 is 11.3 Å². The fraction of sp³-hybridized carbons (Fsp3) is 0.222. The Bertz CT molecular complexity index is 796. The van der Waals surface area contributed by atoms with Crippen molar-refractivity contribution < 1.29 is 0 Å². The molecule has 4 nitrogen and oxygen atoms in total. The van der Waals surface area contributed by atoms with Gasteiger partial charge < -0.3 is 4.98 Å². The number of pyridine rings is 1. The van der Waals surface area contributed by atoms with Crippen LogP contribution in [0.5, 0.6) is 0 Å². The highest BCUT2D eigenvalue weighted by Gasteiger charge is 2.14. The van der Waals surface area contributed by atoms with Crippen LogP contribution in [0.1, 0.15) is 17.4 Å². The molecule has 2 aromatic heterocycles. The van der Waals surface area contributed by atoms with Crippen LogP contribution in [0.4, 0.5) is 0 Å². The van der Waals surface area contributed by atoms with Crippen LogP contribution in [0.25, 0.3) is 11.3 Å². The third-order valence-electron chi connectivity index (χ3n) is 3.75. The molecule has 0 radical (unpaired) electrons. The topological polar surface area (TPSA) is 49.0 Å². The first-order valence-electron chi connectivity index (χ1n) is 7.65. The smallest absolute Gasteiger partial charge is 0.305 e. The molecule has 118 valence electrons. The molecule has 0 atom stereocenters. The van der Waals surface area contributed by atoms with Gasteiger partial charge in [-0.15, -0.1) is 0 Å². The largest absolute Gasteiger partial charge is 0.312 e. The summed E-state index contributed by atoms with van der Waals surface area (Å²) < 4.78 is 0. The lowest BCUT2D eigenvalue weighted by Crippen LogP contribution is -2.22. The molecule has 0 saturated heterocycles. The van der Waals surface area contributed by atoms with Gasteiger partial charge in [-0.25, -0.2) is 0 Å². The van der Waals surface area contributed by atoms with Crippen molar-refractivity contribution in [2.24, 2.45) is 0 Å². The molecule has 0 fully saturated rings. The fourth-order valence-corrected chi connectivity index (χ4v) is 3.44. The van der Waals surface area contributed by atoms with Crippen molar-refractivity contribution in [2.45, 2.75) is 20.0 Å². The van der Waals surface area contributed by atoms with Crippen molar-refractivity contribution in [3.8, 4) is 11.3 Å². The first-order valence-corrected chi connectivity index (χ1v) is 8.46. The first kappa shape index (κ1) is 15.6. The van der Waals surface area contributed by atoms with Crippen LogP contribution in [0.15, 0.2) is 59.7 Å². The molecule has 1 aromatic carbocycles. The number of aromatic amines is 1. The van der Waals surface area contributed by atoms with Gasteiger partial charge in [0, 0.05) is 35.9 Å². The second kappa shape index (κ2) is 7.35. The standard InChI is InChI=1S/C18H19N3OS/c1-2-21(12-14-6-4-3-5-7-14)13-16-17(20-18(22)23-16)15-8-10-19-11-9-15/h3-11H,2,12-13H2,1H3,(H,20,22). The van der Waals surface area contributed by atoms with E-state index in [2.05, 4.69) is 46.1 Å². The van der Waals surface area contributed by atoms with Crippen molar-refractivity contribution in [3.05, 3.63) is 75.0 Å². The number of hydrogen-bond donors (Lipinski definition) is 1. The quantitative estimate of drug-likeness (QED) is 0.754. The van der Waals surface area contributed by atoms with E-state index < -0.39 is 0 Å². The molecule has 23 heavy (non-hydrogen) atoms. The minimum absolute atomic E-state index is 0.0115. The molecule has 3 aromatic rings. The van der Waals surface area contributed by atoms with Gasteiger partial charge in [0.1, 0.15) is 0 Å². The van der Waals surface area contributed by atoms with Crippen LogP contribution in [0.3, 0.4) is 0 Å². The maximum atomic E-state index is 11.8. The van der Waals surface area contributed by atoms with Crippen LogP contribution >= 0.6 is 11.3 Å². The van der Waals surface area contributed by atoms with E-state index in [0.717, 1.165) is 35.8 Å². The average Bonchev–Trinajstić information content (AvgIpc) is 2.96. The maximum absolute atomic E-state index is 11.8. The average molecular weight is 325 g/mol. The van der Waals surface area contributed by atoms with Crippen molar-refractivity contribution in [1.82, 2.24) is 14.9 Å². The van der Waals surface area contributed by atoms with Crippen LogP contribution in [-0.2, 0) is 13.1 Å². The van der Waals surface area contributed by atoms with Crippen molar-refractivity contribution in [3.63, 3.8) is 0 Å². The molecule has 0 unspecified atom stereocenters. The number of benzene rings is 1. The number of nitrogens with one attached hydrogen (secondary N) is 1. The van der Waals surface area contributed by atoms with E-state index in [1.165, 1.54) is 16.9 Å². The summed E-state index contributed by atoms with van der Waals surface area (Å²) in [6.07, 6.45) is 3.49. The van der Waals surface area contributed by atoms with E-state index in [-0.39, 0.29) is 4.87 Å². The molecule has 5 heteroatoms. The zero-order chi connectivity index (χ0) is 16.1. The maximum Gasteiger partial charge on any atom is 0.305 e. The lowest BCUT2D eigenvalue weighted by atomic mass is 10.1. The van der Waals surface area contributed by atoms with Gasteiger partial charge in [0.05, 0.1) is 5.69 Å². The Balaban J connectivity index is 1.83. The first-order chi connectivity index (χ1) is 11.3. The normalized spacial score (nSPS) is 11.0. The summed E-state index contributed by atoms with van der Waals surface area (Å²) in [4.78, 5) is 22.2. The van der Waals surface area contributed by atoms with Gasteiger partial charge >= 0.3 is 4.87 Å². The second-order valence-electron chi connectivity index (χ2n) is 5.34. The number of aromatic nitrogens is 2. The second-order valence-corrected chi connectivity index (χ2v) is 6.41. The van der Waals surface area contributed by atoms with E-state index >= 15 is 0 Å². The monoisotopic (exact) mass is 325 g/mol. The third-order valence-corrected chi connectivity index (χ3v) is 4.62. The van der Waals surface area contributed by atoms with Gasteiger partial charge in [-0.1, -0.05) is 48.6 Å². The zero-order valence-electron chi connectivity index (χ0n) is 13.0.